The van der Waals surface area contributed by atoms with Crippen molar-refractivity contribution >= 4 is 52.6 Å². The minimum absolute atomic E-state index is 0.171. The number of hydrogen-bond acceptors (Lipinski definition) is 14. The second-order valence-electron chi connectivity index (χ2n) is 7.79. The highest BCUT2D eigenvalue weighted by Crippen LogP contribution is 2.41. The molecule has 2 rings (SSSR count). The van der Waals surface area contributed by atoms with E-state index < -0.39 is 107 Å². The largest absolute Gasteiger partial charge is 0.512 e. The molecule has 4 unspecified atom stereocenters. The molecule has 2 aliphatic rings. The molecule has 38 heavy (non-hydrogen) atoms. The summed E-state index contributed by atoms with van der Waals surface area (Å²) < 4.78 is 184. The van der Waals surface area contributed by atoms with Crippen LogP contribution in [-0.4, -0.2) is 82.0 Å². The Labute approximate surface area is 209 Å². The molecule has 0 aromatic heterocycles. The monoisotopic (exact) mass is 652 g/mol. The van der Waals surface area contributed by atoms with Crippen LogP contribution >= 0.6 is 0 Å². The van der Waals surface area contributed by atoms with Crippen molar-refractivity contribution in [3.63, 3.8) is 0 Å². The van der Waals surface area contributed by atoms with Gasteiger partial charge in [0, 0.05) is 5.41 Å². The van der Waals surface area contributed by atoms with E-state index >= 15 is 0 Å². The minimum atomic E-state index is -6.55. The Morgan fingerprint density at radius 3 is 1.71 bits per heavy atom. The van der Waals surface area contributed by atoms with Crippen molar-refractivity contribution in [3.8, 4) is 0 Å². The highest BCUT2D eigenvalue weighted by atomic mass is 32.3. The maximum absolute atomic E-state index is 12.5. The number of halogens is 6. The number of carbonyl (C=O) groups is 2. The standard InChI is InChI=1S/C12H14F6N2O14S4/c1-10(4-32-9(22)7(10)34-38(29,30)20-36(25,26)12(16,17)18)2-5-6(3-31-8(5)21)33-37(27,28)19-35(23,24)11(13,14)15/h5-7,19-20H,2-4H2,1H3. The molecule has 2 aliphatic heterocycles. The molecular formula is C12H14F6N2O14S4. The summed E-state index contributed by atoms with van der Waals surface area (Å²) in [6.07, 6.45) is -5.44. The smallest absolute Gasteiger partial charge is 0.463 e. The zero-order valence-corrected chi connectivity index (χ0v) is 21.2. The van der Waals surface area contributed by atoms with Crippen molar-refractivity contribution in [2.45, 2.75) is 36.6 Å². The zero-order valence-electron chi connectivity index (χ0n) is 18.0. The van der Waals surface area contributed by atoms with E-state index in [1.807, 2.05) is 0 Å². The van der Waals surface area contributed by atoms with E-state index in [4.69, 9.17) is 0 Å². The van der Waals surface area contributed by atoms with Crippen LogP contribution in [0.2, 0.25) is 0 Å². The fraction of sp³-hybridized carbons (Fsp3) is 0.833. The Hall–Kier alpha value is -1.84. The summed E-state index contributed by atoms with van der Waals surface area (Å²) >= 11 is 0. The summed E-state index contributed by atoms with van der Waals surface area (Å²) in [4.78, 5) is 24.1. The normalized spacial score (nSPS) is 27.8. The van der Waals surface area contributed by atoms with Gasteiger partial charge in [-0.3, -0.25) is 4.79 Å². The van der Waals surface area contributed by atoms with Crippen LogP contribution in [0.4, 0.5) is 26.3 Å². The van der Waals surface area contributed by atoms with Crippen LogP contribution in [0.5, 0.6) is 0 Å². The molecule has 222 valence electrons. The van der Waals surface area contributed by atoms with Gasteiger partial charge >= 0.3 is 63.6 Å². The molecular weight excluding hydrogens is 638 g/mol. The second kappa shape index (κ2) is 9.97. The lowest BCUT2D eigenvalue weighted by molar-refractivity contribution is -0.145. The Balaban J connectivity index is 2.27. The summed E-state index contributed by atoms with van der Waals surface area (Å²) in [6, 6.07) is 0. The van der Waals surface area contributed by atoms with Gasteiger partial charge in [-0.15, -0.1) is 0 Å². The average Bonchev–Trinajstić information content (AvgIpc) is 3.12. The van der Waals surface area contributed by atoms with Crippen molar-refractivity contribution < 1.29 is 87.4 Å². The fourth-order valence-electron chi connectivity index (χ4n) is 3.04. The van der Waals surface area contributed by atoms with Crippen LogP contribution in [0.3, 0.4) is 0 Å². The molecule has 16 nitrogen and oxygen atoms in total. The quantitative estimate of drug-likeness (QED) is 0.197. The molecule has 0 aliphatic carbocycles. The number of nitrogens with one attached hydrogen (secondary N) is 2. The van der Waals surface area contributed by atoms with Crippen LogP contribution in [0.1, 0.15) is 13.3 Å². The highest BCUT2D eigenvalue weighted by Gasteiger charge is 2.57. The fourth-order valence-corrected chi connectivity index (χ4v) is 7.34. The topological polar surface area (TPSA) is 232 Å². The van der Waals surface area contributed by atoms with E-state index in [9.17, 15) is 69.6 Å². The first-order valence-corrected chi connectivity index (χ1v) is 14.9. The van der Waals surface area contributed by atoms with Crippen LogP contribution in [0.15, 0.2) is 0 Å². The Bertz CT molecular complexity index is 1410. The van der Waals surface area contributed by atoms with E-state index in [0.29, 0.717) is 0 Å². The molecule has 0 amide bonds. The first-order valence-electron chi connectivity index (χ1n) is 9.11. The van der Waals surface area contributed by atoms with Crippen molar-refractivity contribution in [2.75, 3.05) is 13.2 Å². The molecule has 2 fully saturated rings. The summed E-state index contributed by atoms with van der Waals surface area (Å²) in [5, 5.41) is 0. The number of rotatable bonds is 10. The molecule has 26 heteroatoms. The Morgan fingerprint density at radius 2 is 1.26 bits per heavy atom. The number of sulfonamides is 2. The van der Waals surface area contributed by atoms with E-state index in [1.54, 1.807) is 0 Å². The molecule has 0 saturated carbocycles. The predicted octanol–water partition coefficient (Wildman–Crippen LogP) is -1.75. The molecule has 2 N–H and O–H groups in total. The third-order valence-corrected chi connectivity index (χ3v) is 10.3. The lowest BCUT2D eigenvalue weighted by Gasteiger charge is -2.29. The predicted molar refractivity (Wildman–Crippen MR) is 102 cm³/mol. The summed E-state index contributed by atoms with van der Waals surface area (Å²) in [5.74, 6) is -4.82. The Kier molecular flexibility index (Phi) is 8.49. The molecule has 0 aromatic rings. The van der Waals surface area contributed by atoms with Crippen LogP contribution < -0.4 is 8.25 Å². The maximum atomic E-state index is 12.5. The van der Waals surface area contributed by atoms with Crippen LogP contribution in [0.25, 0.3) is 0 Å². The highest BCUT2D eigenvalue weighted by molar-refractivity contribution is 8.03. The van der Waals surface area contributed by atoms with E-state index in [-0.39, 0.29) is 8.25 Å². The van der Waals surface area contributed by atoms with Crippen molar-refractivity contribution in [3.05, 3.63) is 0 Å². The zero-order chi connectivity index (χ0) is 29.8. The third kappa shape index (κ3) is 7.21. The molecule has 2 saturated heterocycles. The summed E-state index contributed by atoms with van der Waals surface area (Å²) in [6.45, 7) is -0.946. The molecule has 0 spiro atoms. The molecule has 0 bridgehead atoms. The van der Waals surface area contributed by atoms with Crippen molar-refractivity contribution in [2.24, 2.45) is 11.3 Å². The van der Waals surface area contributed by atoms with Gasteiger partial charge in [-0.2, -0.15) is 43.2 Å². The first kappa shape index (κ1) is 32.4. The van der Waals surface area contributed by atoms with Gasteiger partial charge in [-0.1, -0.05) is 15.2 Å². The number of esters is 2. The summed E-state index contributed by atoms with van der Waals surface area (Å²) in [7, 11) is -24.8. The molecule has 0 aromatic carbocycles. The van der Waals surface area contributed by atoms with Gasteiger partial charge in [0.25, 0.3) is 0 Å². The lowest BCUT2D eigenvalue weighted by atomic mass is 9.77. The second-order valence-corrected chi connectivity index (χ2v) is 14.3. The SMILES string of the molecule is CC1(CC2C(=O)OCC2OS(=O)(=O)NS(=O)(=O)C(F)(F)F)COC(=O)C1OS(=O)(=O)NS(=O)(=O)C(F)(F)F. The van der Waals surface area contributed by atoms with Gasteiger partial charge < -0.3 is 9.47 Å². The van der Waals surface area contributed by atoms with Gasteiger partial charge in [0.2, 0.25) is 0 Å². The molecule has 0 radical (unpaired) electrons. The lowest BCUT2D eigenvalue weighted by Crippen LogP contribution is -2.47. The number of hydrogen-bond donors (Lipinski definition) is 2. The Morgan fingerprint density at radius 1 is 0.816 bits per heavy atom. The van der Waals surface area contributed by atoms with E-state index in [0.717, 1.165) is 6.92 Å². The van der Waals surface area contributed by atoms with Gasteiger partial charge in [-0.25, -0.2) is 30.0 Å². The van der Waals surface area contributed by atoms with Gasteiger partial charge in [-0.05, 0) is 6.42 Å². The van der Waals surface area contributed by atoms with E-state index in [2.05, 4.69) is 17.8 Å². The number of alkyl halides is 6. The average molecular weight is 653 g/mol. The summed E-state index contributed by atoms with van der Waals surface area (Å²) in [5.41, 5.74) is -14.3. The van der Waals surface area contributed by atoms with Gasteiger partial charge in [0.05, 0.1) is 12.5 Å². The molecule has 4 atom stereocenters. The number of carbonyl (C=O) groups excluding carboxylic acids is 2. The third-order valence-electron chi connectivity index (χ3n) is 4.72. The first-order chi connectivity index (χ1) is 16.7. The molecule has 2 heterocycles. The minimum Gasteiger partial charge on any atom is -0.463 e. The van der Waals surface area contributed by atoms with Crippen molar-refractivity contribution in [1.29, 1.82) is 0 Å². The van der Waals surface area contributed by atoms with Crippen LogP contribution in [-0.2, 0) is 68.1 Å². The van der Waals surface area contributed by atoms with E-state index in [1.165, 1.54) is 0 Å². The maximum Gasteiger partial charge on any atom is 0.512 e. The van der Waals surface area contributed by atoms with Gasteiger partial charge in [0.15, 0.2) is 6.10 Å². The number of ether oxygens (including phenoxy) is 2. The number of cyclic esters (lactones) is 2. The van der Waals surface area contributed by atoms with Crippen molar-refractivity contribution in [1.82, 2.24) is 8.25 Å². The van der Waals surface area contributed by atoms with Gasteiger partial charge in [0.1, 0.15) is 12.7 Å². The van der Waals surface area contributed by atoms with Crippen LogP contribution in [0, 0.1) is 11.3 Å².